The number of carbonyl (C=O) groups excluding carboxylic acids is 2. The number of rotatable bonds is 9. The number of nitrogens with one attached hydrogen (secondary N) is 1. The monoisotopic (exact) mass is 504 g/mol. The predicted octanol–water partition coefficient (Wildman–Crippen LogP) is 5.78. The molecule has 9 heteroatoms. The second-order valence-electron chi connectivity index (χ2n) is 7.38. The molecule has 3 rings (SSSR count). The predicted molar refractivity (Wildman–Crippen MR) is 130 cm³/mol. The van der Waals surface area contributed by atoms with E-state index >= 15 is 0 Å². The van der Waals surface area contributed by atoms with Crippen molar-refractivity contribution in [3.8, 4) is 22.8 Å². The zero-order valence-electron chi connectivity index (χ0n) is 18.9. The lowest BCUT2D eigenvalue weighted by atomic mass is 10.0. The molecule has 0 aliphatic carbocycles. The smallest absolute Gasteiger partial charge is 0.251 e. The van der Waals surface area contributed by atoms with Crippen LogP contribution in [0.2, 0.25) is 10.0 Å². The number of carbonyl (C=O) groups is 2. The van der Waals surface area contributed by atoms with Crippen LogP contribution in [-0.2, 0) is 6.42 Å². The topological polar surface area (TPSA) is 77.5 Å². The van der Waals surface area contributed by atoms with Gasteiger partial charge in [-0.1, -0.05) is 36.5 Å². The van der Waals surface area contributed by atoms with Gasteiger partial charge in [-0.15, -0.1) is 0 Å². The van der Waals surface area contributed by atoms with E-state index in [2.05, 4.69) is 10.3 Å². The molecule has 2 aromatic carbocycles. The van der Waals surface area contributed by atoms with Gasteiger partial charge in [-0.3, -0.25) is 9.59 Å². The van der Waals surface area contributed by atoms with Crippen molar-refractivity contribution < 1.29 is 23.5 Å². The van der Waals surface area contributed by atoms with Crippen LogP contribution in [0.1, 0.15) is 39.8 Å². The summed E-state index contributed by atoms with van der Waals surface area (Å²) >= 11 is 12.2. The molecule has 0 spiro atoms. The molecule has 0 aliphatic rings. The molecular formula is C25H23Cl2FN2O4. The average molecular weight is 505 g/mol. The van der Waals surface area contributed by atoms with Crippen molar-refractivity contribution in [3.63, 3.8) is 0 Å². The Balaban J connectivity index is 1.80. The maximum atomic E-state index is 13.6. The van der Waals surface area contributed by atoms with Crippen LogP contribution >= 0.6 is 23.2 Å². The van der Waals surface area contributed by atoms with Gasteiger partial charge in [0.15, 0.2) is 5.78 Å². The van der Waals surface area contributed by atoms with Crippen LogP contribution in [0.3, 0.4) is 0 Å². The Morgan fingerprint density at radius 1 is 1.03 bits per heavy atom. The number of ether oxygens (including phenoxy) is 2. The summed E-state index contributed by atoms with van der Waals surface area (Å²) in [6.07, 6.45) is 1.54. The molecule has 34 heavy (non-hydrogen) atoms. The van der Waals surface area contributed by atoms with Gasteiger partial charge in [0.25, 0.3) is 5.91 Å². The second kappa shape index (κ2) is 11.3. The number of hydrogen-bond donors (Lipinski definition) is 1. The highest BCUT2D eigenvalue weighted by Crippen LogP contribution is 2.32. The van der Waals surface area contributed by atoms with E-state index in [0.29, 0.717) is 39.8 Å². The molecule has 0 bridgehead atoms. The molecule has 6 nitrogen and oxygen atoms in total. The average Bonchev–Trinajstić information content (AvgIpc) is 2.83. The van der Waals surface area contributed by atoms with E-state index in [1.165, 1.54) is 44.6 Å². The Labute approximate surface area is 207 Å². The van der Waals surface area contributed by atoms with E-state index < -0.39 is 17.5 Å². The molecule has 0 saturated carbocycles. The number of amides is 1. The van der Waals surface area contributed by atoms with E-state index in [4.69, 9.17) is 32.7 Å². The quantitative estimate of drug-likeness (QED) is 0.374. The van der Waals surface area contributed by atoms with Crippen LogP contribution in [0.5, 0.6) is 11.5 Å². The number of hydrogen-bond acceptors (Lipinski definition) is 5. The fourth-order valence-corrected chi connectivity index (χ4v) is 3.93. The minimum atomic E-state index is -0.569. The van der Waals surface area contributed by atoms with Gasteiger partial charge in [0.1, 0.15) is 28.7 Å². The highest BCUT2D eigenvalue weighted by Gasteiger charge is 2.18. The number of ketones is 1. The molecule has 1 amide bonds. The van der Waals surface area contributed by atoms with Gasteiger partial charge in [0.2, 0.25) is 0 Å². The first kappa shape index (κ1) is 25.5. The second-order valence-corrected chi connectivity index (χ2v) is 8.20. The first-order valence-corrected chi connectivity index (χ1v) is 11.2. The Kier molecular flexibility index (Phi) is 8.47. The summed E-state index contributed by atoms with van der Waals surface area (Å²) in [6.45, 7) is 1.73. The van der Waals surface area contributed by atoms with Crippen molar-refractivity contribution in [2.45, 2.75) is 19.8 Å². The fraction of sp³-hybridized carbons (Fsp3) is 0.240. The minimum absolute atomic E-state index is 0.0778. The molecule has 1 N–H and O–H groups in total. The van der Waals surface area contributed by atoms with E-state index in [1.54, 1.807) is 12.1 Å². The van der Waals surface area contributed by atoms with Crippen molar-refractivity contribution in [2.24, 2.45) is 0 Å². The van der Waals surface area contributed by atoms with Crippen LogP contribution in [0, 0.1) is 5.82 Å². The number of halogens is 3. The maximum Gasteiger partial charge on any atom is 0.251 e. The van der Waals surface area contributed by atoms with Gasteiger partial charge in [-0.05, 0) is 54.4 Å². The van der Waals surface area contributed by atoms with Gasteiger partial charge < -0.3 is 14.8 Å². The molecular weight excluding hydrogens is 482 g/mol. The molecule has 0 aliphatic heterocycles. The van der Waals surface area contributed by atoms with Gasteiger partial charge in [-0.25, -0.2) is 9.37 Å². The lowest BCUT2D eigenvalue weighted by Crippen LogP contribution is -2.30. The zero-order chi connectivity index (χ0) is 24.8. The largest absolute Gasteiger partial charge is 0.495 e. The Bertz CT molecular complexity index is 1230. The fourth-order valence-electron chi connectivity index (χ4n) is 3.43. The molecule has 178 valence electrons. The van der Waals surface area contributed by atoms with Gasteiger partial charge in [-0.2, -0.15) is 0 Å². The summed E-state index contributed by atoms with van der Waals surface area (Å²) in [5.41, 5.74) is 2.06. The van der Waals surface area contributed by atoms with Gasteiger partial charge in [0, 0.05) is 11.1 Å². The molecule has 1 aromatic heterocycles. The van der Waals surface area contributed by atoms with Crippen LogP contribution in [0.4, 0.5) is 4.39 Å². The molecule has 0 radical (unpaired) electrons. The number of methoxy groups -OCH3 is 2. The first-order chi connectivity index (χ1) is 16.3. The third-order valence-electron chi connectivity index (χ3n) is 5.07. The summed E-state index contributed by atoms with van der Waals surface area (Å²) in [6, 6.07) is 10.4. The molecule has 3 aromatic rings. The van der Waals surface area contributed by atoms with Crippen LogP contribution in [0.15, 0.2) is 42.5 Å². The van der Waals surface area contributed by atoms with Gasteiger partial charge in [0.05, 0.1) is 30.8 Å². The number of pyridine rings is 1. The molecule has 0 fully saturated rings. The molecule has 1 heterocycles. The number of aromatic nitrogens is 1. The van der Waals surface area contributed by atoms with E-state index in [9.17, 15) is 14.0 Å². The van der Waals surface area contributed by atoms with Crippen molar-refractivity contribution >= 4 is 34.9 Å². The van der Waals surface area contributed by atoms with Gasteiger partial charge >= 0.3 is 0 Å². The maximum absolute atomic E-state index is 13.6. The summed E-state index contributed by atoms with van der Waals surface area (Å²) in [4.78, 5) is 29.8. The third kappa shape index (κ3) is 5.66. The Morgan fingerprint density at radius 3 is 2.44 bits per heavy atom. The highest BCUT2D eigenvalue weighted by atomic mass is 35.5. The van der Waals surface area contributed by atoms with Crippen LogP contribution in [0.25, 0.3) is 11.3 Å². The van der Waals surface area contributed by atoms with Crippen LogP contribution in [-0.4, -0.2) is 37.4 Å². The SMILES string of the molecule is CCCc1cc(C(=O)NCC(=O)c2ccc(OC)c(-c3ccc(F)c(Cl)c3)n2)cc(Cl)c1OC. The number of aryl methyl sites for hydroxylation is 1. The minimum Gasteiger partial charge on any atom is -0.495 e. The first-order valence-electron chi connectivity index (χ1n) is 10.5. The Morgan fingerprint density at radius 2 is 1.79 bits per heavy atom. The summed E-state index contributed by atoms with van der Waals surface area (Å²) in [7, 11) is 2.98. The number of benzene rings is 2. The molecule has 0 saturated heterocycles. The standard InChI is InChI=1S/C25H23Cl2FN2O4/c1-4-5-15-10-16(12-18(27)24(15)34-3)25(32)29-13-21(31)20-8-9-22(33-2)23(30-20)14-6-7-19(28)17(26)11-14/h6-12H,4-5,13H2,1-3H3,(H,29,32). The number of Topliss-reactive ketones (excluding diaryl/α,β-unsaturated/α-hetero) is 1. The summed E-state index contributed by atoms with van der Waals surface area (Å²) in [5, 5.41) is 2.85. The highest BCUT2D eigenvalue weighted by molar-refractivity contribution is 6.32. The molecule has 0 unspecified atom stereocenters. The normalized spacial score (nSPS) is 10.6. The van der Waals surface area contributed by atoms with Crippen LogP contribution < -0.4 is 14.8 Å². The van der Waals surface area contributed by atoms with Crippen molar-refractivity contribution in [1.29, 1.82) is 0 Å². The number of nitrogens with zero attached hydrogens (tertiary/aromatic N) is 1. The van der Waals surface area contributed by atoms with E-state index in [0.717, 1.165) is 12.0 Å². The third-order valence-corrected chi connectivity index (χ3v) is 5.64. The van der Waals surface area contributed by atoms with Crippen molar-refractivity contribution in [2.75, 3.05) is 20.8 Å². The zero-order valence-corrected chi connectivity index (χ0v) is 20.4. The summed E-state index contributed by atoms with van der Waals surface area (Å²) in [5.74, 6) is -0.514. The van der Waals surface area contributed by atoms with E-state index in [-0.39, 0.29) is 17.3 Å². The van der Waals surface area contributed by atoms with Crippen molar-refractivity contribution in [1.82, 2.24) is 10.3 Å². The lowest BCUT2D eigenvalue weighted by Gasteiger charge is -2.13. The lowest BCUT2D eigenvalue weighted by molar-refractivity contribution is 0.0902. The molecule has 0 atom stereocenters. The van der Waals surface area contributed by atoms with E-state index in [1.807, 2.05) is 6.92 Å². The summed E-state index contributed by atoms with van der Waals surface area (Å²) < 4.78 is 24.2. The Hall–Kier alpha value is -3.16. The van der Waals surface area contributed by atoms with Crippen molar-refractivity contribution in [3.05, 3.63) is 75.1 Å².